The Bertz CT molecular complexity index is 909. The average Bonchev–Trinajstić information content (AvgIpc) is 2.62. The highest BCUT2D eigenvalue weighted by Crippen LogP contribution is 2.36. The topological polar surface area (TPSA) is 73.3 Å². The quantitative estimate of drug-likeness (QED) is 0.784. The van der Waals surface area contributed by atoms with Crippen molar-refractivity contribution in [1.29, 1.82) is 0 Å². The number of nitrogens with zero attached hydrogens (tertiary/aromatic N) is 2. The standard InChI is InChI=1S/C17H14ClN3O3/c1-23-14-9-13(15(24-2)8-11(14)18)21-17(22)10-4-3-5-12-16(10)20-7-6-19-12/h3-9H,1-2H3,(H,21,22). The van der Waals surface area contributed by atoms with Crippen molar-refractivity contribution in [2.45, 2.75) is 0 Å². The van der Waals surface area contributed by atoms with Crippen LogP contribution in [0, 0.1) is 0 Å². The second-order valence-corrected chi connectivity index (χ2v) is 5.28. The minimum atomic E-state index is -0.330. The molecule has 3 rings (SSSR count). The molecule has 0 unspecified atom stereocenters. The summed E-state index contributed by atoms with van der Waals surface area (Å²) in [6.07, 6.45) is 3.13. The van der Waals surface area contributed by atoms with Gasteiger partial charge in [0.05, 0.1) is 36.0 Å². The molecule has 2 aromatic carbocycles. The molecule has 0 radical (unpaired) electrons. The van der Waals surface area contributed by atoms with Crippen LogP contribution >= 0.6 is 11.6 Å². The Labute approximate surface area is 143 Å². The number of ether oxygens (including phenoxy) is 2. The van der Waals surface area contributed by atoms with Crippen molar-refractivity contribution in [1.82, 2.24) is 9.97 Å². The summed E-state index contributed by atoms with van der Waals surface area (Å²) in [5, 5.41) is 3.19. The van der Waals surface area contributed by atoms with Gasteiger partial charge >= 0.3 is 0 Å². The van der Waals surface area contributed by atoms with Gasteiger partial charge in [-0.1, -0.05) is 17.7 Å². The predicted octanol–water partition coefficient (Wildman–Crippen LogP) is 3.55. The number of hydrogen-bond donors (Lipinski definition) is 1. The van der Waals surface area contributed by atoms with Gasteiger partial charge in [-0.25, -0.2) is 0 Å². The van der Waals surface area contributed by atoms with Crippen molar-refractivity contribution >= 4 is 34.2 Å². The number of fused-ring (bicyclic) bond motifs is 1. The van der Waals surface area contributed by atoms with E-state index in [0.29, 0.717) is 38.8 Å². The first kappa shape index (κ1) is 16.0. The third-order valence-corrected chi connectivity index (χ3v) is 3.76. The molecule has 122 valence electrons. The third-order valence-electron chi connectivity index (χ3n) is 3.47. The van der Waals surface area contributed by atoms with Crippen LogP contribution in [0.4, 0.5) is 5.69 Å². The molecule has 0 aliphatic heterocycles. The summed E-state index contributed by atoms with van der Waals surface area (Å²) >= 11 is 6.08. The number of hydrogen-bond acceptors (Lipinski definition) is 5. The van der Waals surface area contributed by atoms with Gasteiger partial charge in [-0.05, 0) is 12.1 Å². The van der Waals surface area contributed by atoms with Gasteiger partial charge < -0.3 is 14.8 Å². The summed E-state index contributed by atoms with van der Waals surface area (Å²) < 4.78 is 10.4. The Kier molecular flexibility index (Phi) is 4.48. The van der Waals surface area contributed by atoms with E-state index in [2.05, 4.69) is 15.3 Å². The molecule has 0 bridgehead atoms. The number of nitrogens with one attached hydrogen (secondary N) is 1. The molecule has 3 aromatic rings. The predicted molar refractivity (Wildman–Crippen MR) is 92.0 cm³/mol. The Morgan fingerprint density at radius 1 is 1.08 bits per heavy atom. The monoisotopic (exact) mass is 343 g/mol. The number of aromatic nitrogens is 2. The molecule has 0 saturated heterocycles. The molecule has 0 aliphatic rings. The van der Waals surface area contributed by atoms with Crippen molar-refractivity contribution in [3.05, 3.63) is 53.3 Å². The molecule has 1 amide bonds. The lowest BCUT2D eigenvalue weighted by Gasteiger charge is -2.13. The van der Waals surface area contributed by atoms with Crippen molar-refractivity contribution in [3.63, 3.8) is 0 Å². The van der Waals surface area contributed by atoms with E-state index in [-0.39, 0.29) is 5.91 Å². The van der Waals surface area contributed by atoms with E-state index in [1.165, 1.54) is 14.2 Å². The Morgan fingerprint density at radius 3 is 2.58 bits per heavy atom. The largest absolute Gasteiger partial charge is 0.495 e. The maximum Gasteiger partial charge on any atom is 0.258 e. The van der Waals surface area contributed by atoms with Crippen LogP contribution in [0.3, 0.4) is 0 Å². The van der Waals surface area contributed by atoms with Gasteiger partial charge in [0, 0.05) is 24.5 Å². The normalized spacial score (nSPS) is 10.5. The summed E-state index contributed by atoms with van der Waals surface area (Å²) in [6, 6.07) is 8.43. The Balaban J connectivity index is 2.00. The van der Waals surface area contributed by atoms with Crippen molar-refractivity contribution in [3.8, 4) is 11.5 Å². The van der Waals surface area contributed by atoms with E-state index < -0.39 is 0 Å². The van der Waals surface area contributed by atoms with E-state index in [0.717, 1.165) is 0 Å². The fraction of sp³-hybridized carbons (Fsp3) is 0.118. The molecule has 24 heavy (non-hydrogen) atoms. The van der Waals surface area contributed by atoms with Crippen LogP contribution < -0.4 is 14.8 Å². The molecule has 0 saturated carbocycles. The van der Waals surface area contributed by atoms with Gasteiger partial charge in [0.25, 0.3) is 5.91 Å². The lowest BCUT2D eigenvalue weighted by molar-refractivity contribution is 0.102. The second kappa shape index (κ2) is 6.72. The van der Waals surface area contributed by atoms with Crippen LogP contribution in [0.15, 0.2) is 42.7 Å². The fourth-order valence-electron chi connectivity index (χ4n) is 2.32. The van der Waals surface area contributed by atoms with Gasteiger partial charge in [-0.3, -0.25) is 14.8 Å². The van der Waals surface area contributed by atoms with Crippen LogP contribution in [0.5, 0.6) is 11.5 Å². The van der Waals surface area contributed by atoms with Crippen molar-refractivity contribution in [2.75, 3.05) is 19.5 Å². The van der Waals surface area contributed by atoms with E-state index in [1.54, 1.807) is 42.7 Å². The van der Waals surface area contributed by atoms with Gasteiger partial charge in [-0.15, -0.1) is 0 Å². The zero-order valence-corrected chi connectivity index (χ0v) is 13.8. The number of benzene rings is 2. The molecular weight excluding hydrogens is 330 g/mol. The number of halogens is 1. The number of rotatable bonds is 4. The Morgan fingerprint density at radius 2 is 1.83 bits per heavy atom. The molecule has 0 fully saturated rings. The number of methoxy groups -OCH3 is 2. The van der Waals surface area contributed by atoms with Gasteiger partial charge in [-0.2, -0.15) is 0 Å². The highest BCUT2D eigenvalue weighted by atomic mass is 35.5. The minimum Gasteiger partial charge on any atom is -0.495 e. The number of para-hydroxylation sites is 1. The van der Waals surface area contributed by atoms with Crippen LogP contribution in [0.25, 0.3) is 11.0 Å². The van der Waals surface area contributed by atoms with E-state index in [4.69, 9.17) is 21.1 Å². The third kappa shape index (κ3) is 2.96. The molecule has 0 spiro atoms. The smallest absolute Gasteiger partial charge is 0.258 e. The minimum absolute atomic E-state index is 0.330. The molecule has 1 aromatic heterocycles. The van der Waals surface area contributed by atoms with Gasteiger partial charge in [0.15, 0.2) is 0 Å². The van der Waals surface area contributed by atoms with Crippen molar-refractivity contribution < 1.29 is 14.3 Å². The van der Waals surface area contributed by atoms with E-state index in [1.807, 2.05) is 0 Å². The summed E-state index contributed by atoms with van der Waals surface area (Å²) in [7, 11) is 3.00. The molecule has 0 atom stereocenters. The van der Waals surface area contributed by atoms with E-state index >= 15 is 0 Å². The highest BCUT2D eigenvalue weighted by Gasteiger charge is 2.16. The van der Waals surface area contributed by atoms with Crippen molar-refractivity contribution in [2.24, 2.45) is 0 Å². The maximum atomic E-state index is 12.7. The van der Waals surface area contributed by atoms with Crippen LogP contribution in [-0.2, 0) is 0 Å². The summed E-state index contributed by atoms with van der Waals surface area (Å²) in [5.74, 6) is 0.537. The maximum absolute atomic E-state index is 12.7. The molecule has 1 heterocycles. The molecule has 7 heteroatoms. The van der Waals surface area contributed by atoms with Gasteiger partial charge in [0.2, 0.25) is 0 Å². The SMILES string of the molecule is COc1cc(NC(=O)c2cccc3nccnc23)c(OC)cc1Cl. The number of carbonyl (C=O) groups excluding carboxylic acids is 1. The van der Waals surface area contributed by atoms with Crippen LogP contribution in [0.1, 0.15) is 10.4 Å². The number of amides is 1. The van der Waals surface area contributed by atoms with Crippen LogP contribution in [0.2, 0.25) is 5.02 Å². The molecule has 6 nitrogen and oxygen atoms in total. The first-order chi connectivity index (χ1) is 11.6. The fourth-order valence-corrected chi connectivity index (χ4v) is 2.55. The summed E-state index contributed by atoms with van der Waals surface area (Å²) in [6.45, 7) is 0. The molecule has 0 aliphatic carbocycles. The lowest BCUT2D eigenvalue weighted by Crippen LogP contribution is -2.14. The Hall–Kier alpha value is -2.86. The highest BCUT2D eigenvalue weighted by molar-refractivity contribution is 6.32. The molecular formula is C17H14ClN3O3. The zero-order valence-electron chi connectivity index (χ0n) is 13.0. The first-order valence-electron chi connectivity index (χ1n) is 7.06. The van der Waals surface area contributed by atoms with Gasteiger partial charge in [0.1, 0.15) is 17.0 Å². The first-order valence-corrected chi connectivity index (χ1v) is 7.44. The zero-order chi connectivity index (χ0) is 17.1. The molecule has 1 N–H and O–H groups in total. The number of anilines is 1. The number of carbonyl (C=O) groups is 1. The van der Waals surface area contributed by atoms with Crippen LogP contribution in [-0.4, -0.2) is 30.1 Å². The van der Waals surface area contributed by atoms with E-state index in [9.17, 15) is 4.79 Å². The lowest BCUT2D eigenvalue weighted by atomic mass is 10.1. The average molecular weight is 344 g/mol. The summed E-state index contributed by atoms with van der Waals surface area (Å²) in [4.78, 5) is 21.1. The summed E-state index contributed by atoms with van der Waals surface area (Å²) in [5.41, 5.74) is 2.03. The second-order valence-electron chi connectivity index (χ2n) is 4.87.